The summed E-state index contributed by atoms with van der Waals surface area (Å²) in [6, 6.07) is -0.860. The van der Waals surface area contributed by atoms with Crippen molar-refractivity contribution in [3.05, 3.63) is 36.5 Å². The molecule has 0 saturated heterocycles. The average Bonchev–Trinajstić information content (AvgIpc) is 3.02. The van der Waals surface area contributed by atoms with Crippen LogP contribution in [0.2, 0.25) is 0 Å². The first-order chi connectivity index (χ1) is 21.9. The molecule has 264 valence electrons. The van der Waals surface area contributed by atoms with Crippen molar-refractivity contribution in [2.45, 2.75) is 167 Å². The van der Waals surface area contributed by atoms with Gasteiger partial charge in [-0.25, -0.2) is 4.57 Å². The largest absolute Gasteiger partial charge is 0.472 e. The van der Waals surface area contributed by atoms with Crippen LogP contribution >= 0.6 is 7.82 Å². The number of amides is 1. The molecule has 9 heteroatoms. The van der Waals surface area contributed by atoms with Gasteiger partial charge in [0, 0.05) is 13.0 Å². The molecule has 8 nitrogen and oxygen atoms in total. The van der Waals surface area contributed by atoms with Crippen LogP contribution in [-0.2, 0) is 18.4 Å². The summed E-state index contributed by atoms with van der Waals surface area (Å²) in [5, 5.41) is 13.5. The Morgan fingerprint density at radius 2 is 1.22 bits per heavy atom. The number of phosphoric ester groups is 1. The summed E-state index contributed by atoms with van der Waals surface area (Å²) in [6.07, 6.45) is 36.2. The van der Waals surface area contributed by atoms with E-state index in [0.29, 0.717) is 6.42 Å². The highest BCUT2D eigenvalue weighted by Crippen LogP contribution is 2.43. The molecular formula is C36H69N2O6P. The van der Waals surface area contributed by atoms with Gasteiger partial charge in [-0.05, 0) is 51.4 Å². The number of carbonyl (C=O) groups is 1. The number of aliphatic hydroxyl groups excluding tert-OH is 1. The van der Waals surface area contributed by atoms with Gasteiger partial charge < -0.3 is 21.1 Å². The van der Waals surface area contributed by atoms with Crippen LogP contribution in [0.1, 0.15) is 155 Å². The first-order valence-corrected chi connectivity index (χ1v) is 19.6. The molecule has 0 aromatic rings. The minimum atomic E-state index is -4.33. The Kier molecular flexibility index (Phi) is 31.7. The van der Waals surface area contributed by atoms with Gasteiger partial charge in [0.2, 0.25) is 5.91 Å². The molecule has 0 aromatic heterocycles. The van der Waals surface area contributed by atoms with E-state index in [-0.39, 0.29) is 25.7 Å². The number of unbranched alkanes of at least 4 members (excludes halogenated alkanes) is 17. The lowest BCUT2D eigenvalue weighted by molar-refractivity contribution is -0.123. The van der Waals surface area contributed by atoms with Gasteiger partial charge in [0.15, 0.2) is 0 Å². The van der Waals surface area contributed by atoms with Crippen molar-refractivity contribution >= 4 is 13.7 Å². The summed E-state index contributed by atoms with van der Waals surface area (Å²) in [5.41, 5.74) is 5.33. The third-order valence-electron chi connectivity index (χ3n) is 7.71. The SMILES string of the molecule is CCCCCC/C=C\C/C=C\CCCCCCCCCC(=O)NC(COP(=O)(O)OCCN)C(O)/C=C/CCCCCCCC. The number of carbonyl (C=O) groups excluding carboxylic acids is 1. The van der Waals surface area contributed by atoms with Crippen molar-refractivity contribution in [2.24, 2.45) is 5.73 Å². The Morgan fingerprint density at radius 3 is 1.78 bits per heavy atom. The van der Waals surface area contributed by atoms with Crippen LogP contribution in [0.5, 0.6) is 0 Å². The molecule has 0 radical (unpaired) electrons. The Bertz CT molecular complexity index is 804. The van der Waals surface area contributed by atoms with Crippen LogP contribution in [0.15, 0.2) is 36.5 Å². The minimum Gasteiger partial charge on any atom is -0.387 e. The fraction of sp³-hybridized carbons (Fsp3) is 0.806. The average molecular weight is 657 g/mol. The summed E-state index contributed by atoms with van der Waals surface area (Å²) in [5.74, 6) is -0.208. The van der Waals surface area contributed by atoms with Crippen LogP contribution in [0.3, 0.4) is 0 Å². The van der Waals surface area contributed by atoms with Crippen molar-refractivity contribution in [3.63, 3.8) is 0 Å². The third kappa shape index (κ3) is 31.1. The van der Waals surface area contributed by atoms with Gasteiger partial charge in [-0.2, -0.15) is 0 Å². The molecule has 0 spiro atoms. The number of nitrogens with two attached hydrogens (primary N) is 1. The smallest absolute Gasteiger partial charge is 0.387 e. The molecule has 3 atom stereocenters. The number of phosphoric acid groups is 1. The van der Waals surface area contributed by atoms with Crippen molar-refractivity contribution in [2.75, 3.05) is 19.8 Å². The predicted molar refractivity (Wildman–Crippen MR) is 189 cm³/mol. The molecular weight excluding hydrogens is 587 g/mol. The maximum atomic E-state index is 12.6. The molecule has 45 heavy (non-hydrogen) atoms. The lowest BCUT2D eigenvalue weighted by Crippen LogP contribution is -2.45. The highest BCUT2D eigenvalue weighted by Gasteiger charge is 2.26. The molecule has 0 aromatic carbocycles. The first-order valence-electron chi connectivity index (χ1n) is 18.1. The first kappa shape index (κ1) is 43.7. The molecule has 5 N–H and O–H groups in total. The molecule has 0 heterocycles. The lowest BCUT2D eigenvalue weighted by Gasteiger charge is -2.23. The van der Waals surface area contributed by atoms with E-state index in [1.165, 1.54) is 83.5 Å². The van der Waals surface area contributed by atoms with Gasteiger partial charge in [0.05, 0.1) is 25.4 Å². The van der Waals surface area contributed by atoms with Crippen LogP contribution in [-0.4, -0.2) is 47.8 Å². The molecule has 3 unspecified atom stereocenters. The van der Waals surface area contributed by atoms with E-state index in [1.54, 1.807) is 6.08 Å². The van der Waals surface area contributed by atoms with Crippen LogP contribution in [0.25, 0.3) is 0 Å². The van der Waals surface area contributed by atoms with Crippen molar-refractivity contribution < 1.29 is 28.4 Å². The molecule has 0 saturated carbocycles. The summed E-state index contributed by atoms with van der Waals surface area (Å²) < 4.78 is 21.9. The zero-order chi connectivity index (χ0) is 33.3. The summed E-state index contributed by atoms with van der Waals surface area (Å²) in [4.78, 5) is 22.5. The van der Waals surface area contributed by atoms with E-state index in [4.69, 9.17) is 14.8 Å². The topological polar surface area (TPSA) is 131 Å². The quantitative estimate of drug-likeness (QED) is 0.0315. The summed E-state index contributed by atoms with van der Waals surface area (Å²) in [7, 11) is -4.33. The van der Waals surface area contributed by atoms with Crippen molar-refractivity contribution in [1.82, 2.24) is 5.32 Å². The summed E-state index contributed by atoms with van der Waals surface area (Å²) >= 11 is 0. The van der Waals surface area contributed by atoms with E-state index >= 15 is 0 Å². The van der Waals surface area contributed by atoms with E-state index in [2.05, 4.69) is 43.5 Å². The second-order valence-corrected chi connectivity index (χ2v) is 13.5. The van der Waals surface area contributed by atoms with Gasteiger partial charge >= 0.3 is 7.82 Å². The van der Waals surface area contributed by atoms with Gasteiger partial charge in [0.1, 0.15) is 0 Å². The highest BCUT2D eigenvalue weighted by atomic mass is 31.2. The fourth-order valence-corrected chi connectivity index (χ4v) is 5.68. The van der Waals surface area contributed by atoms with Gasteiger partial charge in [-0.3, -0.25) is 13.8 Å². The molecule has 0 fully saturated rings. The molecule has 1 amide bonds. The number of hydrogen-bond donors (Lipinski definition) is 4. The Morgan fingerprint density at radius 1 is 0.733 bits per heavy atom. The second kappa shape index (κ2) is 32.7. The Hall–Kier alpha value is -1.28. The maximum Gasteiger partial charge on any atom is 0.472 e. The van der Waals surface area contributed by atoms with Crippen molar-refractivity contribution in [1.29, 1.82) is 0 Å². The normalized spacial score (nSPS) is 14.9. The van der Waals surface area contributed by atoms with Gasteiger partial charge in [-0.15, -0.1) is 0 Å². The van der Waals surface area contributed by atoms with E-state index in [0.717, 1.165) is 51.4 Å². The highest BCUT2D eigenvalue weighted by molar-refractivity contribution is 7.47. The van der Waals surface area contributed by atoms with Crippen LogP contribution in [0.4, 0.5) is 0 Å². The number of aliphatic hydroxyl groups is 1. The number of allylic oxidation sites excluding steroid dienone is 5. The van der Waals surface area contributed by atoms with Gasteiger partial charge in [0.25, 0.3) is 0 Å². The molecule has 0 aliphatic rings. The third-order valence-corrected chi connectivity index (χ3v) is 8.69. The molecule has 0 aliphatic heterocycles. The monoisotopic (exact) mass is 656 g/mol. The number of rotatable bonds is 33. The van der Waals surface area contributed by atoms with Crippen LogP contribution < -0.4 is 11.1 Å². The lowest BCUT2D eigenvalue weighted by atomic mass is 10.1. The molecule has 0 rings (SSSR count). The Balaban J connectivity index is 4.24. The van der Waals surface area contributed by atoms with E-state index in [9.17, 15) is 19.4 Å². The Labute approximate surface area is 276 Å². The maximum absolute atomic E-state index is 12.6. The van der Waals surface area contributed by atoms with Gasteiger partial charge in [-0.1, -0.05) is 134 Å². The zero-order valence-electron chi connectivity index (χ0n) is 28.8. The minimum absolute atomic E-state index is 0.0760. The van der Waals surface area contributed by atoms with Crippen molar-refractivity contribution in [3.8, 4) is 0 Å². The van der Waals surface area contributed by atoms with Crippen LogP contribution in [0, 0.1) is 0 Å². The summed E-state index contributed by atoms with van der Waals surface area (Å²) in [6.45, 7) is 4.04. The zero-order valence-corrected chi connectivity index (χ0v) is 29.7. The fourth-order valence-electron chi connectivity index (χ4n) is 4.92. The number of hydrogen-bond acceptors (Lipinski definition) is 6. The molecule has 0 bridgehead atoms. The predicted octanol–water partition coefficient (Wildman–Crippen LogP) is 9.22. The standard InChI is InChI=1S/C36H69N2O6P/c1-3-5-7-9-11-13-14-15-16-17-18-19-20-21-22-24-26-28-30-36(40)38-34(33-44-45(41,42)43-32-31-37)35(39)29-27-25-23-12-10-8-6-4-2/h13-14,16-17,27,29,34-35,39H,3-12,15,18-26,28,30-33,37H2,1-2H3,(H,38,40)(H,41,42)/b14-13-,17-16-,29-27+. The second-order valence-electron chi connectivity index (χ2n) is 12.1. The van der Waals surface area contributed by atoms with E-state index < -0.39 is 20.0 Å². The molecule has 0 aliphatic carbocycles. The van der Waals surface area contributed by atoms with E-state index in [1.807, 2.05) is 6.08 Å². The number of nitrogens with one attached hydrogen (secondary N) is 1.